The summed E-state index contributed by atoms with van der Waals surface area (Å²) in [7, 11) is 0. The first kappa shape index (κ1) is 14.3. The molecule has 1 N–H and O–H groups in total. The van der Waals surface area contributed by atoms with Crippen LogP contribution in [0.2, 0.25) is 0 Å². The number of hydrogen-bond acceptors (Lipinski definition) is 3. The normalized spacial score (nSPS) is 37.0. The first-order valence-corrected chi connectivity index (χ1v) is 7.71. The van der Waals surface area contributed by atoms with Gasteiger partial charge in [-0.05, 0) is 39.0 Å². The van der Waals surface area contributed by atoms with Crippen molar-refractivity contribution in [1.29, 1.82) is 0 Å². The highest BCUT2D eigenvalue weighted by atomic mass is 16.5. The highest BCUT2D eigenvalue weighted by Gasteiger charge is 2.37. The molecule has 3 nitrogen and oxygen atoms in total. The smallest absolute Gasteiger partial charge is 0.0588 e. The zero-order valence-electron chi connectivity index (χ0n) is 12.5. The van der Waals surface area contributed by atoms with Gasteiger partial charge in [0.05, 0.1) is 6.10 Å². The lowest BCUT2D eigenvalue weighted by Gasteiger charge is -2.47. The van der Waals surface area contributed by atoms with Crippen LogP contribution in [0.1, 0.15) is 47.0 Å². The number of nitrogens with one attached hydrogen (secondary N) is 1. The molecule has 0 saturated carbocycles. The summed E-state index contributed by atoms with van der Waals surface area (Å²) in [5, 5.41) is 3.77. The van der Waals surface area contributed by atoms with Crippen molar-refractivity contribution >= 4 is 0 Å². The van der Waals surface area contributed by atoms with E-state index < -0.39 is 0 Å². The minimum absolute atomic E-state index is 0.342. The van der Waals surface area contributed by atoms with Crippen LogP contribution in [0.5, 0.6) is 0 Å². The van der Waals surface area contributed by atoms with Gasteiger partial charge in [-0.1, -0.05) is 13.8 Å². The van der Waals surface area contributed by atoms with Crippen LogP contribution in [0.25, 0.3) is 0 Å². The van der Waals surface area contributed by atoms with Crippen molar-refractivity contribution in [3.8, 4) is 0 Å². The lowest BCUT2D eigenvalue weighted by Crippen LogP contribution is -2.63. The minimum atomic E-state index is 0.342. The summed E-state index contributed by atoms with van der Waals surface area (Å²) in [6, 6.07) is 0.657. The fourth-order valence-electron chi connectivity index (χ4n) is 3.38. The Balaban J connectivity index is 1.97. The molecule has 0 radical (unpaired) electrons. The molecule has 0 aromatic carbocycles. The maximum absolute atomic E-state index is 5.70. The lowest BCUT2D eigenvalue weighted by molar-refractivity contribution is 0.0461. The molecule has 0 aromatic heterocycles. The Bertz CT molecular complexity index is 265. The van der Waals surface area contributed by atoms with Gasteiger partial charge in [-0.15, -0.1) is 0 Å². The molecule has 0 amide bonds. The van der Waals surface area contributed by atoms with Crippen LogP contribution in [0, 0.1) is 5.92 Å². The van der Waals surface area contributed by atoms with Gasteiger partial charge in [0.15, 0.2) is 0 Å². The molecule has 3 atom stereocenters. The summed E-state index contributed by atoms with van der Waals surface area (Å²) in [5.41, 5.74) is 0.342. The predicted octanol–water partition coefficient (Wildman–Crippen LogP) is 2.26. The molecule has 0 bridgehead atoms. The van der Waals surface area contributed by atoms with Gasteiger partial charge in [0.25, 0.3) is 0 Å². The van der Waals surface area contributed by atoms with Gasteiger partial charge in [-0.3, -0.25) is 4.90 Å². The maximum atomic E-state index is 5.70. The molecule has 2 saturated heterocycles. The minimum Gasteiger partial charge on any atom is -0.378 e. The van der Waals surface area contributed by atoms with Gasteiger partial charge in [-0.2, -0.15) is 0 Å². The molecule has 0 aromatic rings. The quantitative estimate of drug-likeness (QED) is 0.833. The molecule has 2 aliphatic rings. The van der Waals surface area contributed by atoms with Gasteiger partial charge in [0.1, 0.15) is 0 Å². The fraction of sp³-hybridized carbons (Fsp3) is 1.00. The molecule has 2 rings (SSSR count). The van der Waals surface area contributed by atoms with Gasteiger partial charge in [-0.25, -0.2) is 0 Å². The molecule has 2 aliphatic heterocycles. The van der Waals surface area contributed by atoms with Crippen molar-refractivity contribution < 1.29 is 4.74 Å². The molecule has 0 aliphatic carbocycles. The van der Waals surface area contributed by atoms with E-state index in [0.717, 1.165) is 19.1 Å². The van der Waals surface area contributed by atoms with Crippen molar-refractivity contribution in [2.75, 3.05) is 26.2 Å². The molecular formula is C15H30N2O. The summed E-state index contributed by atoms with van der Waals surface area (Å²) in [6.45, 7) is 13.7. The second-order valence-corrected chi connectivity index (χ2v) is 6.27. The van der Waals surface area contributed by atoms with E-state index in [1.165, 1.54) is 32.4 Å². The van der Waals surface area contributed by atoms with Crippen molar-refractivity contribution in [3.63, 3.8) is 0 Å². The first-order chi connectivity index (χ1) is 8.60. The highest BCUT2D eigenvalue weighted by molar-refractivity contribution is 4.96. The Morgan fingerprint density at radius 3 is 2.56 bits per heavy atom. The van der Waals surface area contributed by atoms with E-state index in [-0.39, 0.29) is 0 Å². The van der Waals surface area contributed by atoms with Crippen molar-refractivity contribution in [1.82, 2.24) is 10.2 Å². The van der Waals surface area contributed by atoms with E-state index in [4.69, 9.17) is 4.74 Å². The summed E-state index contributed by atoms with van der Waals surface area (Å²) in [4.78, 5) is 2.69. The summed E-state index contributed by atoms with van der Waals surface area (Å²) in [6.07, 6.45) is 4.14. The highest BCUT2D eigenvalue weighted by Crippen LogP contribution is 2.27. The van der Waals surface area contributed by atoms with Crippen LogP contribution in [-0.4, -0.2) is 48.8 Å². The van der Waals surface area contributed by atoms with Crippen LogP contribution >= 0.6 is 0 Å². The van der Waals surface area contributed by atoms with Crippen LogP contribution in [0.15, 0.2) is 0 Å². The summed E-state index contributed by atoms with van der Waals surface area (Å²) >= 11 is 0. The average molecular weight is 254 g/mol. The predicted molar refractivity (Wildman–Crippen MR) is 75.9 cm³/mol. The van der Waals surface area contributed by atoms with E-state index in [0.29, 0.717) is 17.7 Å². The second kappa shape index (κ2) is 5.89. The van der Waals surface area contributed by atoms with Gasteiger partial charge >= 0.3 is 0 Å². The molecule has 3 unspecified atom stereocenters. The van der Waals surface area contributed by atoms with E-state index >= 15 is 0 Å². The SMILES string of the molecule is CCC1(CC)CN(CC2CCOC2C)C(C)CN1. The molecule has 2 heterocycles. The number of hydrogen-bond donors (Lipinski definition) is 1. The monoisotopic (exact) mass is 254 g/mol. The van der Waals surface area contributed by atoms with Crippen molar-refractivity contribution in [2.45, 2.75) is 64.6 Å². The Labute approximate surface area is 112 Å². The molecule has 106 valence electrons. The third-order valence-corrected chi connectivity index (χ3v) is 5.26. The van der Waals surface area contributed by atoms with E-state index in [1.54, 1.807) is 0 Å². The summed E-state index contributed by atoms with van der Waals surface area (Å²) in [5.74, 6) is 0.733. The van der Waals surface area contributed by atoms with Gasteiger partial charge in [0.2, 0.25) is 0 Å². The fourth-order valence-corrected chi connectivity index (χ4v) is 3.38. The zero-order chi connectivity index (χ0) is 13.2. The maximum Gasteiger partial charge on any atom is 0.0588 e. The van der Waals surface area contributed by atoms with Crippen LogP contribution < -0.4 is 5.32 Å². The van der Waals surface area contributed by atoms with Crippen molar-refractivity contribution in [2.24, 2.45) is 5.92 Å². The number of ether oxygens (including phenoxy) is 1. The van der Waals surface area contributed by atoms with Crippen molar-refractivity contribution in [3.05, 3.63) is 0 Å². The van der Waals surface area contributed by atoms with Crippen LogP contribution in [-0.2, 0) is 4.74 Å². The number of piperazine rings is 1. The Morgan fingerprint density at radius 2 is 2.00 bits per heavy atom. The Kier molecular flexibility index (Phi) is 4.68. The van der Waals surface area contributed by atoms with E-state index in [9.17, 15) is 0 Å². The third-order valence-electron chi connectivity index (χ3n) is 5.26. The molecule has 3 heteroatoms. The third kappa shape index (κ3) is 2.89. The lowest BCUT2D eigenvalue weighted by atomic mass is 9.88. The van der Waals surface area contributed by atoms with Gasteiger partial charge < -0.3 is 10.1 Å². The first-order valence-electron chi connectivity index (χ1n) is 7.71. The number of rotatable bonds is 4. The largest absolute Gasteiger partial charge is 0.378 e. The molecule has 18 heavy (non-hydrogen) atoms. The second-order valence-electron chi connectivity index (χ2n) is 6.27. The van der Waals surface area contributed by atoms with E-state index in [2.05, 4.69) is 37.9 Å². The Hall–Kier alpha value is -0.120. The molecule has 2 fully saturated rings. The standard InChI is InChI=1S/C15H30N2O/c1-5-15(6-2)11-17(12(3)9-16-15)10-14-7-8-18-13(14)4/h12-14,16H,5-11H2,1-4H3. The zero-order valence-corrected chi connectivity index (χ0v) is 12.5. The van der Waals surface area contributed by atoms with Crippen LogP contribution in [0.3, 0.4) is 0 Å². The van der Waals surface area contributed by atoms with Gasteiger partial charge in [0, 0.05) is 37.8 Å². The number of nitrogens with zero attached hydrogens (tertiary/aromatic N) is 1. The average Bonchev–Trinajstić information content (AvgIpc) is 2.78. The van der Waals surface area contributed by atoms with E-state index in [1.807, 2.05) is 0 Å². The molecular weight excluding hydrogens is 224 g/mol. The Morgan fingerprint density at radius 1 is 1.28 bits per heavy atom. The summed E-state index contributed by atoms with van der Waals surface area (Å²) < 4.78 is 5.70. The molecule has 0 spiro atoms. The van der Waals surface area contributed by atoms with Crippen LogP contribution in [0.4, 0.5) is 0 Å². The topological polar surface area (TPSA) is 24.5 Å².